The fourth-order valence-corrected chi connectivity index (χ4v) is 4.52. The van der Waals surface area contributed by atoms with E-state index in [9.17, 15) is 23.2 Å². The van der Waals surface area contributed by atoms with Gasteiger partial charge in [-0.1, -0.05) is 11.6 Å². The molecule has 2 aliphatic rings. The van der Waals surface area contributed by atoms with Gasteiger partial charge in [-0.05, 0) is 37.8 Å². The molecule has 3 amide bonds. The number of aromatic nitrogens is 2. The summed E-state index contributed by atoms with van der Waals surface area (Å²) in [6, 6.07) is 2.11. The summed E-state index contributed by atoms with van der Waals surface area (Å²) >= 11 is 6.05. The summed E-state index contributed by atoms with van der Waals surface area (Å²) < 4.78 is 32.2. The number of benzene rings is 1. The molecule has 0 bridgehead atoms. The van der Waals surface area contributed by atoms with Crippen LogP contribution in [0.1, 0.15) is 32.1 Å². The third-order valence-electron chi connectivity index (χ3n) is 6.10. The van der Waals surface area contributed by atoms with E-state index in [-0.39, 0.29) is 28.9 Å². The largest absolute Gasteiger partial charge is 0.444 e. The number of anilines is 2. The number of hydrogen-bond acceptors (Lipinski definition) is 6. The van der Waals surface area contributed by atoms with E-state index >= 15 is 0 Å². The Morgan fingerprint density at radius 1 is 1.11 bits per heavy atom. The predicted molar refractivity (Wildman–Crippen MR) is 125 cm³/mol. The maximum absolute atomic E-state index is 13.7. The van der Waals surface area contributed by atoms with Crippen molar-refractivity contribution in [2.24, 2.45) is 0 Å². The normalized spacial score (nSPS) is 21.9. The number of nitrogens with zero attached hydrogens (tertiary/aromatic N) is 2. The van der Waals surface area contributed by atoms with Gasteiger partial charge >= 0.3 is 12.1 Å². The third kappa shape index (κ3) is 6.38. The summed E-state index contributed by atoms with van der Waals surface area (Å²) in [5, 5.41) is 14.1. The van der Waals surface area contributed by atoms with Crippen molar-refractivity contribution in [3.05, 3.63) is 51.4 Å². The summed E-state index contributed by atoms with van der Waals surface area (Å²) in [5.74, 6) is -1.58. The van der Waals surface area contributed by atoms with Crippen molar-refractivity contribution in [1.82, 2.24) is 20.8 Å². The van der Waals surface area contributed by atoms with Crippen LogP contribution in [0.25, 0.3) is 0 Å². The number of hydrogen-bond donors (Lipinski definition) is 4. The van der Waals surface area contributed by atoms with Crippen LogP contribution in [0.4, 0.5) is 29.7 Å². The fourth-order valence-electron chi connectivity index (χ4n) is 4.31. The lowest BCUT2D eigenvalue weighted by molar-refractivity contribution is 0.102. The third-order valence-corrected chi connectivity index (χ3v) is 6.47. The first-order valence-corrected chi connectivity index (χ1v) is 11.6. The first kappa shape index (κ1) is 24.7. The molecule has 1 aliphatic carbocycles. The highest BCUT2D eigenvalue weighted by molar-refractivity contribution is 6.33. The van der Waals surface area contributed by atoms with Crippen molar-refractivity contribution >= 4 is 35.1 Å². The number of rotatable bonds is 5. The zero-order valence-corrected chi connectivity index (χ0v) is 19.4. The number of urea groups is 1. The lowest BCUT2D eigenvalue weighted by atomic mass is 9.91. The number of H-pyrrole nitrogens is 1. The van der Waals surface area contributed by atoms with E-state index < -0.39 is 29.3 Å². The fraction of sp³-hybridized carbons (Fsp3) is 0.455. The van der Waals surface area contributed by atoms with E-state index in [1.165, 1.54) is 6.20 Å². The minimum atomic E-state index is -0.853. The molecule has 2 fully saturated rings. The summed E-state index contributed by atoms with van der Waals surface area (Å²) in [7, 11) is 0. The van der Waals surface area contributed by atoms with Crippen molar-refractivity contribution < 1.29 is 23.1 Å². The smallest absolute Gasteiger partial charge is 0.407 e. The summed E-state index contributed by atoms with van der Waals surface area (Å²) in [6.07, 6.45) is 3.70. The molecule has 13 heteroatoms. The number of amides is 3. The topological polar surface area (TPSA) is 128 Å². The van der Waals surface area contributed by atoms with Gasteiger partial charge in [0.2, 0.25) is 0 Å². The molecule has 4 N–H and O–H groups in total. The molecule has 4 rings (SSSR count). The monoisotopic (exact) mass is 510 g/mol. The lowest BCUT2D eigenvalue weighted by Crippen LogP contribution is -2.45. The van der Waals surface area contributed by atoms with E-state index in [1.54, 1.807) is 0 Å². The van der Waals surface area contributed by atoms with Crippen molar-refractivity contribution in [3.8, 4) is 0 Å². The van der Waals surface area contributed by atoms with Gasteiger partial charge in [0.25, 0.3) is 5.56 Å². The molecule has 2 aromatic rings. The Kier molecular flexibility index (Phi) is 7.69. The molecule has 0 spiro atoms. The predicted octanol–water partition coefficient (Wildman–Crippen LogP) is 3.14. The molecule has 10 nitrogen and oxygen atoms in total. The highest BCUT2D eigenvalue weighted by atomic mass is 35.5. The van der Waals surface area contributed by atoms with Gasteiger partial charge in [0.05, 0.1) is 24.1 Å². The SMILES string of the molecule is O=C(Nc1ccc(F)cc1F)NC1CCC(NC(=O)O[C@@H]2CCN(c3cn[nH]c(=O)c3Cl)C2)CC1. The molecule has 1 atom stereocenters. The molecular formula is C22H25ClF2N6O4. The van der Waals surface area contributed by atoms with Crippen LogP contribution >= 0.6 is 11.6 Å². The van der Waals surface area contributed by atoms with Crippen LogP contribution in [0.2, 0.25) is 5.02 Å². The van der Waals surface area contributed by atoms with Crippen LogP contribution in [0, 0.1) is 11.6 Å². The zero-order chi connectivity index (χ0) is 24.9. The number of carbonyl (C=O) groups is 2. The summed E-state index contributed by atoms with van der Waals surface area (Å²) in [5.41, 5.74) is -0.0829. The molecule has 35 heavy (non-hydrogen) atoms. The van der Waals surface area contributed by atoms with Crippen LogP contribution in [-0.4, -0.2) is 53.6 Å². The number of ether oxygens (including phenoxy) is 1. The molecule has 0 radical (unpaired) electrons. The van der Waals surface area contributed by atoms with Crippen LogP contribution in [0.15, 0.2) is 29.2 Å². The summed E-state index contributed by atoms with van der Waals surface area (Å²) in [6.45, 7) is 0.974. The van der Waals surface area contributed by atoms with Gasteiger partial charge in [0, 0.05) is 31.1 Å². The van der Waals surface area contributed by atoms with Gasteiger partial charge in [-0.3, -0.25) is 4.79 Å². The summed E-state index contributed by atoms with van der Waals surface area (Å²) in [4.78, 5) is 38.0. The average Bonchev–Trinajstić information content (AvgIpc) is 3.27. The number of halogens is 3. The maximum atomic E-state index is 13.7. The van der Waals surface area contributed by atoms with Gasteiger partial charge < -0.3 is 25.6 Å². The van der Waals surface area contributed by atoms with Crippen LogP contribution in [-0.2, 0) is 4.74 Å². The van der Waals surface area contributed by atoms with Crippen molar-refractivity contribution in [1.29, 1.82) is 0 Å². The molecule has 1 aliphatic heterocycles. The van der Waals surface area contributed by atoms with Crippen molar-refractivity contribution in [2.75, 3.05) is 23.3 Å². The van der Waals surface area contributed by atoms with Gasteiger partial charge in [-0.25, -0.2) is 23.5 Å². The van der Waals surface area contributed by atoms with Gasteiger partial charge in [-0.15, -0.1) is 0 Å². The van der Waals surface area contributed by atoms with Crippen LogP contribution in [0.3, 0.4) is 0 Å². The Labute approximate surface area is 204 Å². The highest BCUT2D eigenvalue weighted by Gasteiger charge is 2.29. The number of aromatic amines is 1. The van der Waals surface area contributed by atoms with Crippen LogP contribution in [0.5, 0.6) is 0 Å². The van der Waals surface area contributed by atoms with E-state index in [0.29, 0.717) is 56.9 Å². The van der Waals surface area contributed by atoms with E-state index in [1.807, 2.05) is 4.90 Å². The first-order chi connectivity index (χ1) is 16.8. The molecular weight excluding hydrogens is 486 g/mol. The molecule has 1 aromatic heterocycles. The van der Waals surface area contributed by atoms with E-state index in [0.717, 1.165) is 12.1 Å². The molecule has 1 aromatic carbocycles. The average molecular weight is 511 g/mol. The standard InChI is InChI=1S/C22H25ClF2N6O4/c23-19-18(10-26-30-20(19)32)31-8-7-15(11-31)35-22(34)28-14-4-2-13(3-5-14)27-21(33)29-17-6-1-12(24)9-16(17)25/h1,6,9-10,13-15H,2-5,7-8,11H2,(H,28,34)(H,30,32)(H2,27,29,33)/t13?,14?,15-/m1/s1. The number of nitrogens with one attached hydrogen (secondary N) is 4. The quantitative estimate of drug-likeness (QED) is 0.489. The zero-order valence-electron chi connectivity index (χ0n) is 18.7. The van der Waals surface area contributed by atoms with Crippen molar-refractivity contribution in [2.45, 2.75) is 50.3 Å². The van der Waals surface area contributed by atoms with E-state index in [4.69, 9.17) is 16.3 Å². The van der Waals surface area contributed by atoms with Gasteiger partial charge in [-0.2, -0.15) is 5.10 Å². The maximum Gasteiger partial charge on any atom is 0.407 e. The second kappa shape index (κ2) is 10.9. The minimum absolute atomic E-state index is 0.0481. The molecule has 2 heterocycles. The Bertz CT molecular complexity index is 1140. The molecule has 0 unspecified atom stereocenters. The van der Waals surface area contributed by atoms with Gasteiger partial charge in [0.15, 0.2) is 0 Å². The van der Waals surface area contributed by atoms with Crippen molar-refractivity contribution in [3.63, 3.8) is 0 Å². The van der Waals surface area contributed by atoms with E-state index in [2.05, 4.69) is 26.1 Å². The van der Waals surface area contributed by atoms with Gasteiger partial charge in [0.1, 0.15) is 22.8 Å². The first-order valence-electron chi connectivity index (χ1n) is 11.3. The lowest BCUT2D eigenvalue weighted by Gasteiger charge is -2.29. The number of carbonyl (C=O) groups excluding carboxylic acids is 2. The Morgan fingerprint density at radius 3 is 2.54 bits per heavy atom. The Balaban J connectivity index is 1.17. The second-order valence-corrected chi connectivity index (χ2v) is 8.95. The molecule has 188 valence electrons. The number of alkyl carbamates (subject to hydrolysis) is 1. The van der Waals surface area contributed by atoms with Crippen LogP contribution < -0.4 is 26.4 Å². The Morgan fingerprint density at radius 2 is 1.83 bits per heavy atom. The molecule has 1 saturated carbocycles. The molecule has 1 saturated heterocycles. The minimum Gasteiger partial charge on any atom is -0.444 e. The highest BCUT2D eigenvalue weighted by Crippen LogP contribution is 2.26. The second-order valence-electron chi connectivity index (χ2n) is 8.58. The Hall–Kier alpha value is -3.41.